The summed E-state index contributed by atoms with van der Waals surface area (Å²) in [5, 5.41) is 0. The van der Waals surface area contributed by atoms with Gasteiger partial charge in [0.1, 0.15) is 0 Å². The summed E-state index contributed by atoms with van der Waals surface area (Å²) in [5.41, 5.74) is 0.694. The molecule has 0 aliphatic rings. The predicted octanol–water partition coefficient (Wildman–Crippen LogP) is 2.41. The summed E-state index contributed by atoms with van der Waals surface area (Å²) in [4.78, 5) is 21.2. The van der Waals surface area contributed by atoms with Crippen LogP contribution in [-0.2, 0) is 21.8 Å². The molecule has 0 heterocycles. The number of aldehydes is 1. The van der Waals surface area contributed by atoms with Crippen LogP contribution in [0.15, 0.2) is 48.5 Å². The minimum atomic E-state index is -0.475. The van der Waals surface area contributed by atoms with E-state index in [1.54, 1.807) is 18.2 Å². The Balaban J connectivity index is 0.000000360. The summed E-state index contributed by atoms with van der Waals surface area (Å²) in [7, 11) is 1.28. The van der Waals surface area contributed by atoms with E-state index in [-0.39, 0.29) is 17.1 Å². The zero-order chi connectivity index (χ0) is 11.8. The molecule has 96 valence electrons. The van der Waals surface area contributed by atoms with Gasteiger partial charge in [0.05, 0.1) is 13.4 Å². The van der Waals surface area contributed by atoms with E-state index in [0.717, 1.165) is 0 Å². The molecule has 0 aliphatic carbocycles. The third kappa shape index (κ3) is 4.81. The number of esters is 1. The van der Waals surface area contributed by atoms with Gasteiger partial charge in [-0.1, -0.05) is 0 Å². The summed E-state index contributed by atoms with van der Waals surface area (Å²) >= 11 is 0. The van der Waals surface area contributed by atoms with E-state index in [1.807, 2.05) is 30.3 Å². The molecule has 0 aromatic heterocycles. The maximum Gasteiger partial charge on any atom is 0.294 e. The number of rotatable bonds is 2. The number of hydrogen-bond donors (Lipinski definition) is 0. The van der Waals surface area contributed by atoms with Crippen LogP contribution in [0.5, 0.6) is 0 Å². The third-order valence-corrected chi connectivity index (χ3v) is 1.94. The van der Waals surface area contributed by atoms with Gasteiger partial charge in [0.2, 0.25) is 0 Å². The smallest absolute Gasteiger partial charge is 0.294 e. The molecule has 0 spiro atoms. The van der Waals surface area contributed by atoms with Crippen molar-refractivity contribution in [1.82, 2.24) is 0 Å². The van der Waals surface area contributed by atoms with Crippen molar-refractivity contribution in [3.8, 4) is 0 Å². The average Bonchev–Trinajstić information content (AvgIpc) is 3.00. The Morgan fingerprint density at radius 2 is 1.82 bits per heavy atom. The molecule has 2 aromatic carbocycles. The number of carbonyl (C=O) groups is 2. The number of methoxy groups -OCH3 is 1. The van der Waals surface area contributed by atoms with Crippen LogP contribution in [0.2, 0.25) is 0 Å². The van der Waals surface area contributed by atoms with E-state index in [9.17, 15) is 9.59 Å². The molecule has 0 saturated heterocycles. The Labute approximate surface area is 111 Å². The zero-order valence-electron chi connectivity index (χ0n) is 9.27. The van der Waals surface area contributed by atoms with Crippen molar-refractivity contribution in [2.75, 3.05) is 7.11 Å². The van der Waals surface area contributed by atoms with Gasteiger partial charge in [-0.15, -0.1) is 11.6 Å². The minimum Gasteiger partial charge on any atom is -0.748 e. The Morgan fingerprint density at radius 3 is 2.24 bits per heavy atom. The Hall–Kier alpha value is -1.64. The first kappa shape index (κ1) is 15.4. The van der Waals surface area contributed by atoms with Crippen molar-refractivity contribution < 1.29 is 31.4 Å². The molecule has 2 rings (SSSR count). The van der Waals surface area contributed by atoms with Crippen molar-refractivity contribution in [1.29, 1.82) is 0 Å². The number of hydrogen-bond acceptors (Lipinski definition) is 3. The zero-order valence-corrected chi connectivity index (χ0v) is 10.4. The van der Waals surface area contributed by atoms with Gasteiger partial charge in [-0.05, 0) is 5.56 Å². The second-order valence-electron chi connectivity index (χ2n) is 2.97. The van der Waals surface area contributed by atoms with Crippen LogP contribution in [0, 0.1) is 0 Å². The average molecular weight is 272 g/mol. The molecule has 0 aliphatic heterocycles. The normalized spacial score (nSPS) is 8.29. The standard InChI is InChI=1S/C8H7O3.C5H5.Fe/c1-11-8(10)7-4-2-3-6(7)5-9;1-2-4-5-3-1;/h2-5H,1H3;1-5H;/q-1;-5;. The second kappa shape index (κ2) is 8.50. The van der Waals surface area contributed by atoms with Crippen LogP contribution in [0.3, 0.4) is 0 Å². The summed E-state index contributed by atoms with van der Waals surface area (Å²) in [5.74, 6) is -0.475. The van der Waals surface area contributed by atoms with Gasteiger partial charge in [-0.25, -0.2) is 0 Å². The molecular weight excluding hydrogens is 260 g/mol. The summed E-state index contributed by atoms with van der Waals surface area (Å²) < 4.78 is 4.44. The molecule has 0 saturated carbocycles. The molecule has 17 heavy (non-hydrogen) atoms. The maximum absolute atomic E-state index is 10.9. The van der Waals surface area contributed by atoms with Crippen LogP contribution >= 0.6 is 0 Å². The van der Waals surface area contributed by atoms with Gasteiger partial charge in [0.15, 0.2) is 0 Å². The largest absolute Gasteiger partial charge is 0.748 e. The van der Waals surface area contributed by atoms with Crippen LogP contribution in [-0.4, -0.2) is 19.4 Å². The molecule has 0 fully saturated rings. The maximum atomic E-state index is 10.9. The Kier molecular flexibility index (Phi) is 7.68. The molecule has 2 aromatic rings. The van der Waals surface area contributed by atoms with Gasteiger partial charge in [0.25, 0.3) is 5.97 Å². The quantitative estimate of drug-likeness (QED) is 0.365. The molecule has 3 nitrogen and oxygen atoms in total. The molecule has 0 amide bonds. The number of carbonyl (C=O) groups excluding carboxylic acids is 2. The van der Waals surface area contributed by atoms with E-state index in [2.05, 4.69) is 4.74 Å². The van der Waals surface area contributed by atoms with Gasteiger partial charge < -0.3 is 39.9 Å². The van der Waals surface area contributed by atoms with Crippen LogP contribution in [0.25, 0.3) is 0 Å². The minimum absolute atomic E-state index is 0. The van der Waals surface area contributed by atoms with Gasteiger partial charge in [-0.2, -0.15) is 12.1 Å². The van der Waals surface area contributed by atoms with Crippen LogP contribution in [0.1, 0.15) is 20.7 Å². The van der Waals surface area contributed by atoms with Crippen molar-refractivity contribution in [3.63, 3.8) is 0 Å². The van der Waals surface area contributed by atoms with Crippen molar-refractivity contribution in [2.45, 2.75) is 0 Å². The SMILES string of the molecule is COC(=O)[c-]1cccc1C=O.[Fe].[cH-]1[cH-][cH-][cH-][cH-]1. The van der Waals surface area contributed by atoms with E-state index in [1.165, 1.54) is 7.11 Å². The monoisotopic (exact) mass is 272 g/mol. The fourth-order valence-electron chi connectivity index (χ4n) is 1.15. The first-order valence-electron chi connectivity index (χ1n) is 4.75. The second-order valence-corrected chi connectivity index (χ2v) is 2.97. The summed E-state index contributed by atoms with van der Waals surface area (Å²) in [6.45, 7) is 0. The number of ether oxygens (including phenoxy) is 1. The van der Waals surface area contributed by atoms with Crippen LogP contribution < -0.4 is 0 Å². The molecule has 4 heteroatoms. The van der Waals surface area contributed by atoms with Gasteiger partial charge in [-0.3, -0.25) is 4.79 Å². The molecule has 0 radical (unpaired) electrons. The van der Waals surface area contributed by atoms with E-state index < -0.39 is 5.97 Å². The molecule has 0 unspecified atom stereocenters. The van der Waals surface area contributed by atoms with Gasteiger partial charge in [0, 0.05) is 17.1 Å². The fraction of sp³-hybridized carbons (Fsp3) is 0.0769. The van der Waals surface area contributed by atoms with E-state index in [4.69, 9.17) is 0 Å². The Morgan fingerprint density at radius 1 is 1.29 bits per heavy atom. The molecule has 0 atom stereocenters. The van der Waals surface area contributed by atoms with E-state index >= 15 is 0 Å². The van der Waals surface area contributed by atoms with Crippen molar-refractivity contribution >= 4 is 12.3 Å². The van der Waals surface area contributed by atoms with Crippen molar-refractivity contribution in [2.24, 2.45) is 0 Å². The first-order chi connectivity index (χ1) is 7.79. The van der Waals surface area contributed by atoms with E-state index in [0.29, 0.717) is 17.4 Å². The molecule has 0 bridgehead atoms. The Bertz CT molecular complexity index is 412. The summed E-state index contributed by atoms with van der Waals surface area (Å²) in [6, 6.07) is 14.8. The fourth-order valence-corrected chi connectivity index (χ4v) is 1.15. The van der Waals surface area contributed by atoms with Crippen LogP contribution in [0.4, 0.5) is 0 Å². The first-order valence-corrected chi connectivity index (χ1v) is 4.75. The molecular formula is C13H12FeO3-6. The summed E-state index contributed by atoms with van der Waals surface area (Å²) in [6.07, 6.45) is 0.631. The molecule has 0 N–H and O–H groups in total. The van der Waals surface area contributed by atoms with Crippen molar-refractivity contribution in [3.05, 3.63) is 59.7 Å². The third-order valence-electron chi connectivity index (χ3n) is 1.94. The topological polar surface area (TPSA) is 43.4 Å². The van der Waals surface area contributed by atoms with Gasteiger partial charge >= 0.3 is 0 Å². The predicted molar refractivity (Wildman–Crippen MR) is 60.8 cm³/mol.